The molecule has 0 radical (unpaired) electrons. The number of hydrogen-bond acceptors (Lipinski definition) is 4. The van der Waals surface area contributed by atoms with E-state index in [1.54, 1.807) is 19.1 Å². The number of carbonyl (C=O) groups excluding carboxylic acids is 1. The van der Waals surface area contributed by atoms with Crippen molar-refractivity contribution in [3.63, 3.8) is 0 Å². The Hall–Kier alpha value is -2.75. The van der Waals surface area contributed by atoms with Gasteiger partial charge in [-0.1, -0.05) is 6.07 Å². The van der Waals surface area contributed by atoms with E-state index in [2.05, 4.69) is 14.8 Å². The lowest BCUT2D eigenvalue weighted by Crippen LogP contribution is -2.17. The molecule has 2 N–H and O–H groups in total. The number of carbonyl (C=O) groups is 1. The van der Waals surface area contributed by atoms with Crippen LogP contribution in [-0.2, 0) is 14.8 Å². The van der Waals surface area contributed by atoms with E-state index >= 15 is 0 Å². The molecule has 2 aromatic carbocycles. The standard InChI is InChI=1S/C16H15F3N2O4S/c1-10-14(20-11(2)22)4-3-5-15(10)21-26(23,24)13-8-6-12(7-9-13)25-16(17,18)19/h3-9,21H,1-2H3,(H,20,22). The molecule has 1 amide bonds. The lowest BCUT2D eigenvalue weighted by Gasteiger charge is -2.14. The predicted octanol–water partition coefficient (Wildman–Crippen LogP) is 3.65. The Morgan fingerprint density at radius 3 is 2.15 bits per heavy atom. The minimum Gasteiger partial charge on any atom is -0.406 e. The van der Waals surface area contributed by atoms with Crippen molar-refractivity contribution in [2.24, 2.45) is 0 Å². The average molecular weight is 388 g/mol. The molecule has 0 spiro atoms. The molecule has 0 aliphatic heterocycles. The molecule has 6 nitrogen and oxygen atoms in total. The summed E-state index contributed by atoms with van der Waals surface area (Å²) in [5, 5.41) is 2.57. The number of amides is 1. The molecule has 0 aromatic heterocycles. The topological polar surface area (TPSA) is 84.5 Å². The normalized spacial score (nSPS) is 11.7. The third kappa shape index (κ3) is 5.12. The fourth-order valence-corrected chi connectivity index (χ4v) is 3.22. The number of sulfonamides is 1. The van der Waals surface area contributed by atoms with Crippen molar-refractivity contribution in [2.45, 2.75) is 25.1 Å². The Kier molecular flexibility index (Phi) is 5.45. The van der Waals surface area contributed by atoms with Crippen LogP contribution < -0.4 is 14.8 Å². The van der Waals surface area contributed by atoms with Crippen molar-refractivity contribution in [1.82, 2.24) is 0 Å². The minimum absolute atomic E-state index is 0.229. The fraction of sp³-hybridized carbons (Fsp3) is 0.188. The predicted molar refractivity (Wildman–Crippen MR) is 89.4 cm³/mol. The molecule has 0 fully saturated rings. The number of benzene rings is 2. The molecule has 0 atom stereocenters. The number of nitrogens with one attached hydrogen (secondary N) is 2. The van der Waals surface area contributed by atoms with Crippen LogP contribution in [0.4, 0.5) is 24.5 Å². The molecule has 0 aliphatic carbocycles. The molecule has 140 valence electrons. The van der Waals surface area contributed by atoms with Crippen LogP contribution in [0.25, 0.3) is 0 Å². The molecular weight excluding hydrogens is 373 g/mol. The monoisotopic (exact) mass is 388 g/mol. The van der Waals surface area contributed by atoms with Gasteiger partial charge < -0.3 is 10.1 Å². The van der Waals surface area contributed by atoms with Crippen LogP contribution in [0.15, 0.2) is 47.4 Å². The zero-order chi connectivity index (χ0) is 19.5. The van der Waals surface area contributed by atoms with Gasteiger partial charge in [0.15, 0.2) is 0 Å². The van der Waals surface area contributed by atoms with E-state index in [0.717, 1.165) is 24.3 Å². The summed E-state index contributed by atoms with van der Waals surface area (Å²) in [5.41, 5.74) is 1.15. The van der Waals surface area contributed by atoms with Crippen LogP contribution >= 0.6 is 0 Å². The summed E-state index contributed by atoms with van der Waals surface area (Å²) in [4.78, 5) is 10.9. The maximum Gasteiger partial charge on any atom is 0.573 e. The first-order valence-corrected chi connectivity index (χ1v) is 8.72. The van der Waals surface area contributed by atoms with E-state index in [1.165, 1.54) is 13.0 Å². The molecule has 0 bridgehead atoms. The number of halogens is 3. The van der Waals surface area contributed by atoms with E-state index in [-0.39, 0.29) is 16.5 Å². The second-order valence-corrected chi connectivity index (χ2v) is 6.97. The third-order valence-electron chi connectivity index (χ3n) is 3.26. The average Bonchev–Trinajstić information content (AvgIpc) is 2.49. The van der Waals surface area contributed by atoms with Crippen molar-refractivity contribution >= 4 is 27.3 Å². The highest BCUT2D eigenvalue weighted by Crippen LogP contribution is 2.27. The highest BCUT2D eigenvalue weighted by atomic mass is 32.2. The van der Waals surface area contributed by atoms with Gasteiger partial charge in [0, 0.05) is 12.6 Å². The van der Waals surface area contributed by atoms with Crippen LogP contribution in [0.5, 0.6) is 5.75 Å². The van der Waals surface area contributed by atoms with Crippen molar-refractivity contribution < 1.29 is 31.1 Å². The summed E-state index contributed by atoms with van der Waals surface area (Å²) in [6.07, 6.45) is -4.86. The lowest BCUT2D eigenvalue weighted by molar-refractivity contribution is -0.274. The Labute approximate surface area is 148 Å². The van der Waals surface area contributed by atoms with Crippen LogP contribution in [0.1, 0.15) is 12.5 Å². The van der Waals surface area contributed by atoms with Crippen LogP contribution in [0.2, 0.25) is 0 Å². The molecule has 2 rings (SSSR count). The summed E-state index contributed by atoms with van der Waals surface area (Å²) in [7, 11) is -4.04. The van der Waals surface area contributed by atoms with Gasteiger partial charge in [-0.25, -0.2) is 8.42 Å². The summed E-state index contributed by atoms with van der Waals surface area (Å²) in [6.45, 7) is 2.93. The second-order valence-electron chi connectivity index (χ2n) is 5.28. The number of anilines is 2. The fourth-order valence-electron chi connectivity index (χ4n) is 2.10. The highest BCUT2D eigenvalue weighted by molar-refractivity contribution is 7.92. The van der Waals surface area contributed by atoms with Crippen LogP contribution in [0.3, 0.4) is 0 Å². The van der Waals surface area contributed by atoms with Gasteiger partial charge in [-0.15, -0.1) is 13.2 Å². The molecule has 0 saturated heterocycles. The second kappa shape index (κ2) is 7.24. The molecule has 0 heterocycles. The molecule has 10 heteroatoms. The zero-order valence-electron chi connectivity index (χ0n) is 13.7. The number of ether oxygens (including phenoxy) is 1. The number of rotatable bonds is 5. The third-order valence-corrected chi connectivity index (χ3v) is 4.64. The largest absolute Gasteiger partial charge is 0.573 e. The van der Waals surface area contributed by atoms with Crippen LogP contribution in [-0.4, -0.2) is 20.7 Å². The van der Waals surface area contributed by atoms with E-state index in [1.807, 2.05) is 0 Å². The maximum absolute atomic E-state index is 12.4. The smallest absolute Gasteiger partial charge is 0.406 e. The first-order chi connectivity index (χ1) is 12.0. The van der Waals surface area contributed by atoms with Crippen molar-refractivity contribution in [1.29, 1.82) is 0 Å². The van der Waals surface area contributed by atoms with E-state index in [0.29, 0.717) is 11.3 Å². The Morgan fingerprint density at radius 2 is 1.62 bits per heavy atom. The maximum atomic E-state index is 12.4. The summed E-state index contributed by atoms with van der Waals surface area (Å²) in [6, 6.07) is 8.46. The van der Waals surface area contributed by atoms with Gasteiger partial charge in [0.25, 0.3) is 10.0 Å². The molecule has 2 aromatic rings. The highest BCUT2D eigenvalue weighted by Gasteiger charge is 2.31. The summed E-state index contributed by atoms with van der Waals surface area (Å²) < 4.78 is 67.4. The first-order valence-electron chi connectivity index (χ1n) is 7.24. The van der Waals surface area contributed by atoms with Crippen LogP contribution in [0, 0.1) is 6.92 Å². The summed E-state index contributed by atoms with van der Waals surface area (Å²) >= 11 is 0. The summed E-state index contributed by atoms with van der Waals surface area (Å²) in [5.74, 6) is -0.839. The molecule has 0 unspecified atom stereocenters. The van der Waals surface area contributed by atoms with Gasteiger partial charge in [0.2, 0.25) is 5.91 Å². The molecule has 0 saturated carbocycles. The van der Waals surface area contributed by atoms with Gasteiger partial charge in [-0.05, 0) is 48.9 Å². The van der Waals surface area contributed by atoms with Crippen molar-refractivity contribution in [3.8, 4) is 5.75 Å². The van der Waals surface area contributed by atoms with E-state index in [4.69, 9.17) is 0 Å². The van der Waals surface area contributed by atoms with Gasteiger partial charge in [-0.2, -0.15) is 0 Å². The molecule has 0 aliphatic rings. The Bertz CT molecular complexity index is 910. The number of hydrogen-bond donors (Lipinski definition) is 2. The Balaban J connectivity index is 2.25. The first kappa shape index (κ1) is 19.6. The van der Waals surface area contributed by atoms with E-state index < -0.39 is 22.1 Å². The van der Waals surface area contributed by atoms with Gasteiger partial charge in [0.05, 0.1) is 10.6 Å². The SMILES string of the molecule is CC(=O)Nc1cccc(NS(=O)(=O)c2ccc(OC(F)(F)F)cc2)c1C. The minimum atomic E-state index is -4.86. The Morgan fingerprint density at radius 1 is 1.04 bits per heavy atom. The van der Waals surface area contributed by atoms with E-state index in [9.17, 15) is 26.4 Å². The van der Waals surface area contributed by atoms with Gasteiger partial charge in [-0.3, -0.25) is 9.52 Å². The lowest BCUT2D eigenvalue weighted by atomic mass is 10.1. The van der Waals surface area contributed by atoms with Gasteiger partial charge >= 0.3 is 6.36 Å². The van der Waals surface area contributed by atoms with Crippen molar-refractivity contribution in [2.75, 3.05) is 10.0 Å². The number of alkyl halides is 3. The molecule has 26 heavy (non-hydrogen) atoms. The quantitative estimate of drug-likeness (QED) is 0.819. The van der Waals surface area contributed by atoms with Gasteiger partial charge in [0.1, 0.15) is 5.75 Å². The van der Waals surface area contributed by atoms with Crippen molar-refractivity contribution in [3.05, 3.63) is 48.0 Å². The molecular formula is C16H15F3N2O4S. The zero-order valence-corrected chi connectivity index (χ0v) is 14.5.